The Hall–Kier alpha value is -3.09. The van der Waals surface area contributed by atoms with Crippen LogP contribution in [-0.2, 0) is 24.0 Å². The molecule has 1 N–H and O–H groups in total. The molecule has 0 spiro atoms. The van der Waals surface area contributed by atoms with Gasteiger partial charge in [0.25, 0.3) is 0 Å². The molecule has 0 saturated carbocycles. The highest BCUT2D eigenvalue weighted by Crippen LogP contribution is 2.36. The van der Waals surface area contributed by atoms with Crippen molar-refractivity contribution in [2.24, 2.45) is 4.99 Å². The maximum absolute atomic E-state index is 13.2. The molecule has 0 aromatic heterocycles. The number of hydrogen-bond donors (Lipinski definition) is 1. The molecule has 1 saturated heterocycles. The average Bonchev–Trinajstić information content (AvgIpc) is 3.19. The Morgan fingerprint density at radius 2 is 1.97 bits per heavy atom. The van der Waals surface area contributed by atoms with Gasteiger partial charge in [-0.3, -0.25) is 9.79 Å². The predicted octanol–water partition coefficient (Wildman–Crippen LogP) is 4.79. The van der Waals surface area contributed by atoms with Gasteiger partial charge in [0.05, 0.1) is 12.1 Å². The first-order chi connectivity index (χ1) is 14.4. The van der Waals surface area contributed by atoms with E-state index in [1.54, 1.807) is 12.1 Å². The van der Waals surface area contributed by atoms with Crippen molar-refractivity contribution in [1.29, 1.82) is 0 Å². The quantitative estimate of drug-likeness (QED) is 0.765. The molecule has 7 heteroatoms. The zero-order chi connectivity index (χ0) is 21.3. The number of rotatable bonds is 5. The van der Waals surface area contributed by atoms with Gasteiger partial charge in [-0.05, 0) is 29.7 Å². The van der Waals surface area contributed by atoms with Crippen LogP contribution in [0.5, 0.6) is 5.75 Å². The van der Waals surface area contributed by atoms with Crippen LogP contribution in [0.25, 0.3) is 0 Å². The molecule has 30 heavy (non-hydrogen) atoms. The van der Waals surface area contributed by atoms with Crippen molar-refractivity contribution in [3.8, 4) is 5.75 Å². The molecule has 2 heterocycles. The van der Waals surface area contributed by atoms with E-state index in [9.17, 15) is 18.0 Å². The Balaban J connectivity index is 1.57. The van der Waals surface area contributed by atoms with Crippen molar-refractivity contribution in [3.05, 3.63) is 76.4 Å². The molecule has 0 aliphatic carbocycles. The Kier molecular flexibility index (Phi) is 5.37. The second-order valence-electron chi connectivity index (χ2n) is 7.32. The number of benzene rings is 2. The Morgan fingerprint density at radius 1 is 1.17 bits per heavy atom. The van der Waals surface area contributed by atoms with E-state index in [4.69, 9.17) is 4.74 Å². The van der Waals surface area contributed by atoms with Gasteiger partial charge >= 0.3 is 6.18 Å². The number of alkyl halides is 3. The summed E-state index contributed by atoms with van der Waals surface area (Å²) >= 11 is 0. The zero-order valence-electron chi connectivity index (χ0n) is 16.4. The van der Waals surface area contributed by atoms with Crippen LogP contribution < -0.4 is 10.1 Å². The molecule has 4 rings (SSSR count). The minimum Gasteiger partial charge on any atom is -0.489 e. The molecule has 2 aromatic rings. The largest absolute Gasteiger partial charge is 0.489 e. The molecule has 2 aromatic carbocycles. The fourth-order valence-electron chi connectivity index (χ4n) is 3.93. The van der Waals surface area contributed by atoms with E-state index in [0.29, 0.717) is 31.0 Å². The van der Waals surface area contributed by atoms with Gasteiger partial charge in [-0.1, -0.05) is 43.3 Å². The third-order valence-electron chi connectivity index (χ3n) is 5.43. The number of piperidine rings is 1. The summed E-state index contributed by atoms with van der Waals surface area (Å²) in [5.41, 5.74) is 2.29. The first-order valence-electron chi connectivity index (χ1n) is 9.82. The van der Waals surface area contributed by atoms with Gasteiger partial charge in [0, 0.05) is 23.5 Å². The van der Waals surface area contributed by atoms with Crippen molar-refractivity contribution in [3.63, 3.8) is 0 Å². The number of ether oxygens (including phenoxy) is 1. The molecule has 2 aliphatic heterocycles. The topological polar surface area (TPSA) is 50.7 Å². The van der Waals surface area contributed by atoms with E-state index >= 15 is 0 Å². The molecule has 0 bridgehead atoms. The number of carbonyl (C=O) groups excluding carboxylic acids is 1. The summed E-state index contributed by atoms with van der Waals surface area (Å²) < 4.78 is 45.4. The Morgan fingerprint density at radius 3 is 2.73 bits per heavy atom. The lowest BCUT2D eigenvalue weighted by Gasteiger charge is -2.26. The first-order valence-corrected chi connectivity index (χ1v) is 9.82. The van der Waals surface area contributed by atoms with Gasteiger partial charge in [-0.15, -0.1) is 0 Å². The van der Waals surface area contributed by atoms with Crippen molar-refractivity contribution in [2.75, 3.05) is 6.54 Å². The van der Waals surface area contributed by atoms with Gasteiger partial charge in [0.15, 0.2) is 0 Å². The Labute approximate surface area is 172 Å². The summed E-state index contributed by atoms with van der Waals surface area (Å²) in [7, 11) is 0. The highest BCUT2D eigenvalue weighted by Gasteiger charge is 2.33. The minimum atomic E-state index is -4.42. The molecule has 1 fully saturated rings. The molecule has 156 valence electrons. The fourth-order valence-corrected chi connectivity index (χ4v) is 3.93. The number of nitrogens with one attached hydrogen (secondary N) is 1. The summed E-state index contributed by atoms with van der Waals surface area (Å²) in [5, 5.41) is 2.80. The van der Waals surface area contributed by atoms with Crippen molar-refractivity contribution < 1.29 is 22.7 Å². The lowest BCUT2D eigenvalue weighted by atomic mass is 9.84. The number of carbonyl (C=O) groups is 1. The second-order valence-corrected chi connectivity index (χ2v) is 7.32. The monoisotopic (exact) mass is 414 g/mol. The average molecular weight is 414 g/mol. The molecular formula is C23H21F3N2O2. The lowest BCUT2D eigenvalue weighted by molar-refractivity contribution is -0.138. The third kappa shape index (κ3) is 3.97. The number of hydrogen-bond acceptors (Lipinski definition) is 3. The molecule has 2 aliphatic rings. The standard InChI is InChI=1S/C23H21F3N2O2/c1-2-14-11-15(18-12-21(29)28-22-17(18)9-10-27-22)7-8-20(14)30-13-16-5-3-4-6-19(16)23(24,25)26/h3-9,11,18H,2,10,12-13H2,1H3,(H,27,28,29). The van der Waals surface area contributed by atoms with Gasteiger partial charge in [0.1, 0.15) is 18.2 Å². The van der Waals surface area contributed by atoms with Crippen LogP contribution in [0.3, 0.4) is 0 Å². The maximum Gasteiger partial charge on any atom is 0.416 e. The van der Waals surface area contributed by atoms with Gasteiger partial charge in [-0.25, -0.2) is 0 Å². The predicted molar refractivity (Wildman–Crippen MR) is 107 cm³/mol. The van der Waals surface area contributed by atoms with Gasteiger partial charge in [0.2, 0.25) is 5.91 Å². The summed E-state index contributed by atoms with van der Waals surface area (Å²) in [6, 6.07) is 11.1. The maximum atomic E-state index is 13.2. The zero-order valence-corrected chi connectivity index (χ0v) is 16.4. The number of fused-ring (bicyclic) bond motifs is 1. The van der Waals surface area contributed by atoms with Crippen LogP contribution in [-0.4, -0.2) is 18.3 Å². The van der Waals surface area contributed by atoms with Gasteiger partial charge < -0.3 is 10.1 Å². The molecule has 1 atom stereocenters. The third-order valence-corrected chi connectivity index (χ3v) is 5.43. The number of aliphatic imine (C=N–C) groups is 1. The van der Waals surface area contributed by atoms with Crippen LogP contribution in [0.2, 0.25) is 0 Å². The van der Waals surface area contributed by atoms with E-state index in [1.165, 1.54) is 12.1 Å². The summed E-state index contributed by atoms with van der Waals surface area (Å²) in [6.07, 6.45) is -1.41. The van der Waals surface area contributed by atoms with Crippen LogP contribution in [0, 0.1) is 0 Å². The van der Waals surface area contributed by atoms with E-state index < -0.39 is 11.7 Å². The summed E-state index contributed by atoms with van der Waals surface area (Å²) in [6.45, 7) is 2.35. The normalized spacial score (nSPS) is 18.4. The van der Waals surface area contributed by atoms with E-state index in [1.807, 2.05) is 25.1 Å². The highest BCUT2D eigenvalue weighted by molar-refractivity contribution is 6.12. The molecule has 1 unspecified atom stereocenters. The minimum absolute atomic E-state index is 0.0695. The molecule has 4 nitrogen and oxygen atoms in total. The first kappa shape index (κ1) is 20.2. The second kappa shape index (κ2) is 7.97. The van der Waals surface area contributed by atoms with Crippen LogP contribution >= 0.6 is 0 Å². The van der Waals surface area contributed by atoms with Crippen LogP contribution in [0.15, 0.2) is 59.1 Å². The van der Waals surface area contributed by atoms with Crippen LogP contribution in [0.4, 0.5) is 13.2 Å². The highest BCUT2D eigenvalue weighted by atomic mass is 19.4. The van der Waals surface area contributed by atoms with Gasteiger partial charge in [-0.2, -0.15) is 13.2 Å². The molecular weight excluding hydrogens is 393 g/mol. The smallest absolute Gasteiger partial charge is 0.416 e. The number of halogens is 3. The molecule has 0 radical (unpaired) electrons. The van der Waals surface area contributed by atoms with E-state index in [-0.39, 0.29) is 24.0 Å². The number of nitrogens with zero attached hydrogens (tertiary/aromatic N) is 1. The van der Waals surface area contributed by atoms with Crippen LogP contribution in [0.1, 0.15) is 41.5 Å². The molecule has 1 amide bonds. The number of amidine groups is 1. The van der Waals surface area contributed by atoms with Crippen molar-refractivity contribution in [2.45, 2.75) is 38.5 Å². The Bertz CT molecular complexity index is 1040. The van der Waals surface area contributed by atoms with Crippen molar-refractivity contribution >= 4 is 11.7 Å². The SMILES string of the molecule is CCc1cc(C2CC(=O)NC3=NCC=C32)ccc1OCc1ccccc1C(F)(F)F. The summed E-state index contributed by atoms with van der Waals surface area (Å²) in [5.74, 6) is 1.04. The van der Waals surface area contributed by atoms with E-state index in [0.717, 1.165) is 22.8 Å². The number of aryl methyl sites for hydroxylation is 1. The number of amides is 1. The van der Waals surface area contributed by atoms with Crippen molar-refractivity contribution in [1.82, 2.24) is 5.32 Å². The fraction of sp³-hybridized carbons (Fsp3) is 0.304. The lowest BCUT2D eigenvalue weighted by Crippen LogP contribution is -2.38. The van der Waals surface area contributed by atoms with E-state index in [2.05, 4.69) is 10.3 Å². The summed E-state index contributed by atoms with van der Waals surface area (Å²) in [4.78, 5) is 16.4.